The second-order valence-electron chi connectivity index (χ2n) is 4.16. The summed E-state index contributed by atoms with van der Waals surface area (Å²) in [6, 6.07) is 2.51. The van der Waals surface area contributed by atoms with Gasteiger partial charge in [-0.2, -0.15) is 26.3 Å². The number of ether oxygens (including phenoxy) is 1. The van der Waals surface area contributed by atoms with Gasteiger partial charge in [-0.25, -0.2) is 4.39 Å². The molecule has 0 aromatic heterocycles. The third-order valence-corrected chi connectivity index (χ3v) is 2.35. The average Bonchev–Trinajstić information content (AvgIpc) is 2.32. The molecule has 0 aliphatic rings. The van der Waals surface area contributed by atoms with Gasteiger partial charge in [-0.3, -0.25) is 0 Å². The molecule has 2 nitrogen and oxygen atoms in total. The largest absolute Gasteiger partial charge is 0.419 e. The van der Waals surface area contributed by atoms with Crippen molar-refractivity contribution >= 4 is 0 Å². The molecule has 120 valence electrons. The number of hydrogen-bond acceptors (Lipinski definition) is 2. The zero-order chi connectivity index (χ0) is 16.1. The second kappa shape index (κ2) is 7.08. The molecule has 1 N–H and O–H groups in total. The Morgan fingerprint density at radius 3 is 2.29 bits per heavy atom. The summed E-state index contributed by atoms with van der Waals surface area (Å²) in [4.78, 5) is 0. The molecule has 0 amide bonds. The first-order chi connectivity index (χ1) is 9.59. The van der Waals surface area contributed by atoms with E-state index in [0.29, 0.717) is 12.1 Å². The zero-order valence-corrected chi connectivity index (χ0v) is 10.6. The molecule has 0 atom stereocenters. The SMILES string of the molecule is Fc1ccc(CNCCOCC(F)(F)F)cc1C(F)(F)F. The van der Waals surface area contributed by atoms with Gasteiger partial charge < -0.3 is 10.1 Å². The average molecular weight is 319 g/mol. The number of halogens is 7. The molecule has 0 spiro atoms. The van der Waals surface area contributed by atoms with Crippen molar-refractivity contribution in [3.8, 4) is 0 Å². The predicted octanol–water partition coefficient (Wildman–Crippen LogP) is 3.51. The van der Waals surface area contributed by atoms with Gasteiger partial charge in [0.1, 0.15) is 12.4 Å². The summed E-state index contributed by atoms with van der Waals surface area (Å²) in [5.74, 6) is -1.38. The molecule has 0 fully saturated rings. The van der Waals surface area contributed by atoms with Crippen LogP contribution in [-0.4, -0.2) is 25.9 Å². The normalized spacial score (nSPS) is 12.7. The minimum atomic E-state index is -4.80. The highest BCUT2D eigenvalue weighted by Crippen LogP contribution is 2.31. The van der Waals surface area contributed by atoms with Crippen molar-refractivity contribution in [2.45, 2.75) is 18.9 Å². The molecule has 1 aromatic carbocycles. The molecular weight excluding hydrogens is 307 g/mol. The van der Waals surface area contributed by atoms with Crippen molar-refractivity contribution in [2.75, 3.05) is 19.8 Å². The van der Waals surface area contributed by atoms with Crippen LogP contribution in [0.25, 0.3) is 0 Å². The molecule has 0 saturated heterocycles. The Kier molecular flexibility index (Phi) is 5.97. The summed E-state index contributed by atoms with van der Waals surface area (Å²) in [7, 11) is 0. The van der Waals surface area contributed by atoms with Crippen molar-refractivity contribution in [1.29, 1.82) is 0 Å². The molecule has 0 bridgehead atoms. The van der Waals surface area contributed by atoms with Gasteiger partial charge in [0.15, 0.2) is 0 Å². The molecule has 0 heterocycles. The van der Waals surface area contributed by atoms with E-state index in [4.69, 9.17) is 0 Å². The van der Waals surface area contributed by atoms with Crippen LogP contribution in [0.5, 0.6) is 0 Å². The molecule has 9 heteroatoms. The Balaban J connectivity index is 2.40. The lowest BCUT2D eigenvalue weighted by Crippen LogP contribution is -2.23. The van der Waals surface area contributed by atoms with Gasteiger partial charge in [0, 0.05) is 13.1 Å². The van der Waals surface area contributed by atoms with Crippen LogP contribution in [0.2, 0.25) is 0 Å². The Morgan fingerprint density at radius 2 is 1.71 bits per heavy atom. The zero-order valence-electron chi connectivity index (χ0n) is 10.6. The maximum absolute atomic E-state index is 13.0. The molecule has 0 unspecified atom stereocenters. The lowest BCUT2D eigenvalue weighted by Gasteiger charge is -2.11. The van der Waals surface area contributed by atoms with Crippen molar-refractivity contribution in [1.82, 2.24) is 5.32 Å². The molecule has 1 rings (SSSR count). The van der Waals surface area contributed by atoms with Crippen LogP contribution in [-0.2, 0) is 17.5 Å². The van der Waals surface area contributed by atoms with Gasteiger partial charge in [0.25, 0.3) is 0 Å². The summed E-state index contributed by atoms with van der Waals surface area (Å²) in [5.41, 5.74) is -1.21. The molecule has 1 aromatic rings. The van der Waals surface area contributed by atoms with Crippen LogP contribution in [0.1, 0.15) is 11.1 Å². The fraction of sp³-hybridized carbons (Fsp3) is 0.500. The Bertz CT molecular complexity index is 456. The van der Waals surface area contributed by atoms with Crippen molar-refractivity contribution in [2.24, 2.45) is 0 Å². The van der Waals surface area contributed by atoms with Gasteiger partial charge in [0.2, 0.25) is 0 Å². The number of benzene rings is 1. The fourth-order valence-electron chi connectivity index (χ4n) is 1.46. The van der Waals surface area contributed by atoms with E-state index >= 15 is 0 Å². The molecule has 21 heavy (non-hydrogen) atoms. The lowest BCUT2D eigenvalue weighted by molar-refractivity contribution is -0.173. The van der Waals surface area contributed by atoms with E-state index in [2.05, 4.69) is 10.1 Å². The summed E-state index contributed by atoms with van der Waals surface area (Å²) < 4.78 is 89.8. The lowest BCUT2D eigenvalue weighted by atomic mass is 10.1. The van der Waals surface area contributed by atoms with Gasteiger partial charge in [-0.15, -0.1) is 0 Å². The van der Waals surface area contributed by atoms with Crippen LogP contribution in [0.4, 0.5) is 30.7 Å². The monoisotopic (exact) mass is 319 g/mol. The molecular formula is C12H12F7NO. The number of rotatable bonds is 6. The maximum Gasteiger partial charge on any atom is 0.419 e. The summed E-state index contributed by atoms with van der Waals surface area (Å²) in [5, 5.41) is 2.60. The summed E-state index contributed by atoms with van der Waals surface area (Å²) in [6.45, 7) is -1.65. The maximum atomic E-state index is 13.0. The highest BCUT2D eigenvalue weighted by atomic mass is 19.4. The topological polar surface area (TPSA) is 21.3 Å². The van der Waals surface area contributed by atoms with Gasteiger partial charge in [0.05, 0.1) is 12.2 Å². The van der Waals surface area contributed by atoms with E-state index in [-0.39, 0.29) is 25.3 Å². The first kappa shape index (κ1) is 17.7. The quantitative estimate of drug-likeness (QED) is 0.640. The first-order valence-corrected chi connectivity index (χ1v) is 5.80. The van der Waals surface area contributed by atoms with Crippen LogP contribution < -0.4 is 5.32 Å². The first-order valence-electron chi connectivity index (χ1n) is 5.80. The van der Waals surface area contributed by atoms with Gasteiger partial charge in [-0.1, -0.05) is 6.07 Å². The highest BCUT2D eigenvalue weighted by Gasteiger charge is 2.34. The van der Waals surface area contributed by atoms with Crippen molar-refractivity contribution in [3.63, 3.8) is 0 Å². The standard InChI is InChI=1S/C12H12F7NO/c13-10-2-1-8(5-9(10)12(17,18)19)6-20-3-4-21-7-11(14,15)16/h1-2,5,20H,3-4,6-7H2. The molecule has 0 radical (unpaired) electrons. The van der Waals surface area contributed by atoms with Gasteiger partial charge >= 0.3 is 12.4 Å². The third-order valence-electron chi connectivity index (χ3n) is 2.35. The number of hydrogen-bond donors (Lipinski definition) is 1. The Hall–Kier alpha value is -1.35. The van der Waals surface area contributed by atoms with Crippen LogP contribution >= 0.6 is 0 Å². The van der Waals surface area contributed by atoms with E-state index < -0.39 is 30.3 Å². The number of alkyl halides is 6. The highest BCUT2D eigenvalue weighted by molar-refractivity contribution is 5.27. The predicted molar refractivity (Wildman–Crippen MR) is 60.0 cm³/mol. The van der Waals surface area contributed by atoms with Gasteiger partial charge in [-0.05, 0) is 17.7 Å². The van der Waals surface area contributed by atoms with E-state index in [1.165, 1.54) is 0 Å². The smallest absolute Gasteiger partial charge is 0.371 e. The second-order valence-corrected chi connectivity index (χ2v) is 4.16. The summed E-state index contributed by atoms with van der Waals surface area (Å²) >= 11 is 0. The molecule has 0 saturated carbocycles. The molecule has 0 aliphatic carbocycles. The Morgan fingerprint density at radius 1 is 1.05 bits per heavy atom. The minimum Gasteiger partial charge on any atom is -0.371 e. The van der Waals surface area contributed by atoms with Crippen molar-refractivity contribution < 1.29 is 35.5 Å². The Labute approximate surface area is 115 Å². The van der Waals surface area contributed by atoms with Crippen molar-refractivity contribution in [3.05, 3.63) is 35.1 Å². The fourth-order valence-corrected chi connectivity index (χ4v) is 1.46. The van der Waals surface area contributed by atoms with Crippen LogP contribution in [0.3, 0.4) is 0 Å². The minimum absolute atomic E-state index is 0.0226. The van der Waals surface area contributed by atoms with Crippen LogP contribution in [0.15, 0.2) is 18.2 Å². The van der Waals surface area contributed by atoms with E-state index in [9.17, 15) is 30.7 Å². The van der Waals surface area contributed by atoms with E-state index in [0.717, 1.165) is 6.07 Å². The van der Waals surface area contributed by atoms with Crippen LogP contribution in [0, 0.1) is 5.82 Å². The summed E-state index contributed by atoms with van der Waals surface area (Å²) in [6.07, 6.45) is -9.21. The van der Waals surface area contributed by atoms with E-state index in [1.54, 1.807) is 0 Å². The molecule has 0 aliphatic heterocycles. The third kappa shape index (κ3) is 6.76. The number of nitrogens with one attached hydrogen (secondary N) is 1. The van der Waals surface area contributed by atoms with E-state index in [1.807, 2.05) is 0 Å².